The van der Waals surface area contributed by atoms with Gasteiger partial charge in [-0.25, -0.2) is 8.78 Å². The number of pyridine rings is 1. The first-order valence-electron chi connectivity index (χ1n) is 14.8. The Kier molecular flexibility index (Phi) is 6.20. The van der Waals surface area contributed by atoms with Gasteiger partial charge < -0.3 is 9.64 Å². The van der Waals surface area contributed by atoms with Crippen LogP contribution in [0.2, 0.25) is 0 Å². The van der Waals surface area contributed by atoms with Crippen LogP contribution in [-0.2, 0) is 25.1 Å². The Morgan fingerprint density at radius 2 is 1.47 bits per heavy atom. The molecule has 0 radical (unpaired) electrons. The van der Waals surface area contributed by atoms with Crippen LogP contribution >= 0.6 is 0 Å². The SMILES string of the molecule is O=C1c2c(OCc3ccccc3)c(=O)ccn2N(C23C(=Cc4ccccc42)Cc2cc(F)c(F)cc23)CN1Cc1ccccc1. The molecule has 45 heavy (non-hydrogen) atoms. The lowest BCUT2D eigenvalue weighted by molar-refractivity contribution is 0.0649. The van der Waals surface area contributed by atoms with Gasteiger partial charge in [-0.05, 0) is 57.5 Å². The summed E-state index contributed by atoms with van der Waals surface area (Å²) in [5.41, 5.74) is 4.37. The molecule has 1 aliphatic heterocycles. The molecular formula is C37H27F2N3O3. The fraction of sp³-hybridized carbons (Fsp3) is 0.135. The maximum Gasteiger partial charge on any atom is 0.278 e. The van der Waals surface area contributed by atoms with Crippen molar-refractivity contribution in [2.75, 3.05) is 11.7 Å². The molecule has 0 spiro atoms. The number of hydrogen-bond donors (Lipinski definition) is 0. The summed E-state index contributed by atoms with van der Waals surface area (Å²) in [5.74, 6) is -2.28. The molecule has 8 heteroatoms. The molecule has 1 unspecified atom stereocenters. The van der Waals surface area contributed by atoms with E-state index in [2.05, 4.69) is 6.08 Å². The number of ether oxygens (including phenoxy) is 1. The number of hydrogen-bond acceptors (Lipinski definition) is 4. The van der Waals surface area contributed by atoms with Crippen molar-refractivity contribution in [3.8, 4) is 5.75 Å². The van der Waals surface area contributed by atoms with Crippen LogP contribution < -0.4 is 15.2 Å². The van der Waals surface area contributed by atoms with Crippen molar-refractivity contribution in [1.29, 1.82) is 0 Å². The maximum atomic E-state index is 15.1. The summed E-state index contributed by atoms with van der Waals surface area (Å²) in [7, 11) is 0. The number of aromatic nitrogens is 1. The minimum absolute atomic E-state index is 0.0640. The number of benzene rings is 4. The highest BCUT2D eigenvalue weighted by molar-refractivity contribution is 5.96. The molecular weight excluding hydrogens is 572 g/mol. The van der Waals surface area contributed by atoms with Crippen molar-refractivity contribution in [3.05, 3.63) is 176 Å². The molecule has 0 saturated heterocycles. The summed E-state index contributed by atoms with van der Waals surface area (Å²) < 4.78 is 37.5. The van der Waals surface area contributed by atoms with Gasteiger partial charge in [0.05, 0.1) is 0 Å². The number of fused-ring (bicyclic) bond motifs is 6. The zero-order valence-electron chi connectivity index (χ0n) is 24.1. The van der Waals surface area contributed by atoms with Gasteiger partial charge in [0.25, 0.3) is 5.91 Å². The molecule has 2 heterocycles. The van der Waals surface area contributed by atoms with E-state index in [4.69, 9.17) is 4.74 Å². The second-order valence-corrected chi connectivity index (χ2v) is 11.6. The van der Waals surface area contributed by atoms with Crippen molar-refractivity contribution in [2.24, 2.45) is 0 Å². The molecule has 5 aromatic rings. The van der Waals surface area contributed by atoms with Gasteiger partial charge in [0.15, 0.2) is 23.1 Å². The number of amides is 1. The predicted molar refractivity (Wildman–Crippen MR) is 166 cm³/mol. The Hall–Kier alpha value is -5.50. The molecule has 4 aromatic carbocycles. The molecule has 0 saturated carbocycles. The molecule has 8 rings (SSSR count). The van der Waals surface area contributed by atoms with Gasteiger partial charge >= 0.3 is 0 Å². The average Bonchev–Trinajstić information content (AvgIpc) is 3.54. The van der Waals surface area contributed by atoms with Gasteiger partial charge in [0.1, 0.15) is 18.8 Å². The van der Waals surface area contributed by atoms with Crippen LogP contribution in [0, 0.1) is 11.6 Å². The minimum Gasteiger partial charge on any atom is -0.482 e. The van der Waals surface area contributed by atoms with E-state index in [0.29, 0.717) is 17.5 Å². The van der Waals surface area contributed by atoms with E-state index in [-0.39, 0.29) is 37.2 Å². The first-order valence-corrected chi connectivity index (χ1v) is 14.8. The molecule has 0 fully saturated rings. The minimum atomic E-state index is -1.07. The zero-order chi connectivity index (χ0) is 30.7. The van der Waals surface area contributed by atoms with E-state index in [1.165, 1.54) is 18.2 Å². The standard InChI is InChI=1S/C37H27F2N3O3/c38-31-19-27-18-28-17-26-13-7-8-14-29(26)37(28,30(27)20-32(31)39)42-23-40(21-24-9-3-1-4-10-24)36(44)34-35(33(43)15-16-41(34)42)45-22-25-11-5-2-6-12-25/h1-17,19-20H,18,21-23H2. The quantitative estimate of drug-likeness (QED) is 0.235. The van der Waals surface area contributed by atoms with Gasteiger partial charge in [0.2, 0.25) is 5.43 Å². The first-order chi connectivity index (χ1) is 21.9. The summed E-state index contributed by atoms with van der Waals surface area (Å²) in [6, 6.07) is 30.8. The normalized spacial score (nSPS) is 17.8. The van der Waals surface area contributed by atoms with Crippen LogP contribution in [0.15, 0.2) is 120 Å². The van der Waals surface area contributed by atoms with Crippen LogP contribution in [0.25, 0.3) is 6.08 Å². The molecule has 3 aliphatic rings. The number of nitrogens with zero attached hydrogens (tertiary/aromatic N) is 3. The maximum absolute atomic E-state index is 15.1. The third-order valence-corrected chi connectivity index (χ3v) is 8.98. The van der Waals surface area contributed by atoms with Gasteiger partial charge in [-0.3, -0.25) is 19.3 Å². The first kappa shape index (κ1) is 27.1. The molecule has 222 valence electrons. The van der Waals surface area contributed by atoms with E-state index < -0.39 is 22.6 Å². The zero-order valence-corrected chi connectivity index (χ0v) is 24.1. The monoisotopic (exact) mass is 599 g/mol. The second-order valence-electron chi connectivity index (χ2n) is 11.6. The summed E-state index contributed by atoms with van der Waals surface area (Å²) in [6.07, 6.45) is 4.05. The van der Waals surface area contributed by atoms with Crippen molar-refractivity contribution < 1.29 is 18.3 Å². The van der Waals surface area contributed by atoms with Gasteiger partial charge in [0, 0.05) is 18.8 Å². The van der Waals surface area contributed by atoms with Crippen molar-refractivity contribution in [1.82, 2.24) is 9.58 Å². The van der Waals surface area contributed by atoms with E-state index in [0.717, 1.165) is 27.8 Å². The average molecular weight is 600 g/mol. The fourth-order valence-electron chi connectivity index (χ4n) is 7.05. The Morgan fingerprint density at radius 3 is 2.24 bits per heavy atom. The third kappa shape index (κ3) is 4.13. The largest absolute Gasteiger partial charge is 0.482 e. The molecule has 2 aliphatic carbocycles. The molecule has 1 atom stereocenters. The summed E-state index contributed by atoms with van der Waals surface area (Å²) in [4.78, 5) is 29.5. The molecule has 0 N–H and O–H groups in total. The lowest BCUT2D eigenvalue weighted by atomic mass is 9.83. The third-order valence-electron chi connectivity index (χ3n) is 8.98. The van der Waals surface area contributed by atoms with Gasteiger partial charge in [-0.1, -0.05) is 91.0 Å². The Labute approximate surface area is 258 Å². The van der Waals surface area contributed by atoms with Crippen LogP contribution in [-0.4, -0.2) is 22.2 Å². The van der Waals surface area contributed by atoms with Crippen LogP contribution in [0.5, 0.6) is 5.75 Å². The van der Waals surface area contributed by atoms with Crippen LogP contribution in [0.3, 0.4) is 0 Å². The molecule has 1 amide bonds. The van der Waals surface area contributed by atoms with Gasteiger partial charge in [-0.15, -0.1) is 0 Å². The van der Waals surface area contributed by atoms with Crippen molar-refractivity contribution in [2.45, 2.75) is 25.1 Å². The van der Waals surface area contributed by atoms with Crippen LogP contribution in [0.1, 0.15) is 43.9 Å². The van der Waals surface area contributed by atoms with Gasteiger partial charge in [-0.2, -0.15) is 0 Å². The van der Waals surface area contributed by atoms with E-state index in [9.17, 15) is 14.0 Å². The topological polar surface area (TPSA) is 54.8 Å². The number of rotatable bonds is 6. The highest BCUT2D eigenvalue weighted by atomic mass is 19.2. The Bertz CT molecular complexity index is 2080. The number of halogens is 2. The summed E-state index contributed by atoms with van der Waals surface area (Å²) >= 11 is 0. The second kappa shape index (κ2) is 10.3. The van der Waals surface area contributed by atoms with Crippen LogP contribution in [0.4, 0.5) is 8.78 Å². The summed E-state index contributed by atoms with van der Waals surface area (Å²) in [6.45, 7) is 0.455. The molecule has 1 aromatic heterocycles. The highest BCUT2D eigenvalue weighted by Gasteiger charge is 2.55. The number of carbonyl (C=O) groups is 1. The van der Waals surface area contributed by atoms with E-state index in [1.54, 1.807) is 15.8 Å². The highest BCUT2D eigenvalue weighted by Crippen LogP contribution is 2.55. The molecule has 6 nitrogen and oxygen atoms in total. The number of carbonyl (C=O) groups excluding carboxylic acids is 1. The Morgan fingerprint density at radius 1 is 0.778 bits per heavy atom. The van der Waals surface area contributed by atoms with E-state index in [1.807, 2.05) is 89.9 Å². The Balaban J connectivity index is 1.36. The predicted octanol–water partition coefficient (Wildman–Crippen LogP) is 6.15. The van der Waals surface area contributed by atoms with E-state index >= 15 is 4.39 Å². The smallest absolute Gasteiger partial charge is 0.278 e. The summed E-state index contributed by atoms with van der Waals surface area (Å²) in [5, 5.41) is 1.99. The van der Waals surface area contributed by atoms with Crippen molar-refractivity contribution in [3.63, 3.8) is 0 Å². The fourth-order valence-corrected chi connectivity index (χ4v) is 7.05. The van der Waals surface area contributed by atoms with Crippen molar-refractivity contribution >= 4 is 12.0 Å². The lowest BCUT2D eigenvalue weighted by Gasteiger charge is -2.49. The molecule has 0 bridgehead atoms. The lowest BCUT2D eigenvalue weighted by Crippen LogP contribution is -2.62.